The summed E-state index contributed by atoms with van der Waals surface area (Å²) in [6, 6.07) is 8.10. The third kappa shape index (κ3) is 3.72. The molecular formula is C14H24N2O. The van der Waals surface area contributed by atoms with Gasteiger partial charge in [0.1, 0.15) is 5.75 Å². The Morgan fingerprint density at radius 1 is 1.29 bits per heavy atom. The first-order valence-corrected chi connectivity index (χ1v) is 6.10. The van der Waals surface area contributed by atoms with Gasteiger partial charge in [-0.15, -0.1) is 0 Å². The fourth-order valence-electron chi connectivity index (χ4n) is 1.56. The third-order valence-corrected chi connectivity index (χ3v) is 3.55. The summed E-state index contributed by atoms with van der Waals surface area (Å²) in [6.45, 7) is 8.01. The number of benzene rings is 1. The molecule has 3 nitrogen and oxygen atoms in total. The van der Waals surface area contributed by atoms with Crippen molar-refractivity contribution in [3.8, 4) is 5.75 Å². The Labute approximate surface area is 104 Å². The molecule has 96 valence electrons. The highest BCUT2D eigenvalue weighted by molar-refractivity contribution is 5.27. The van der Waals surface area contributed by atoms with Crippen LogP contribution in [0.2, 0.25) is 0 Å². The molecule has 0 heterocycles. The van der Waals surface area contributed by atoms with E-state index in [0.717, 1.165) is 12.3 Å². The lowest BCUT2D eigenvalue weighted by Crippen LogP contribution is -2.52. The minimum Gasteiger partial charge on any atom is -0.497 e. The van der Waals surface area contributed by atoms with Gasteiger partial charge in [0.05, 0.1) is 7.11 Å². The van der Waals surface area contributed by atoms with Crippen molar-refractivity contribution >= 4 is 0 Å². The first-order chi connectivity index (χ1) is 8.01. The molecule has 0 aliphatic carbocycles. The van der Waals surface area contributed by atoms with Crippen LogP contribution in [0.25, 0.3) is 0 Å². The summed E-state index contributed by atoms with van der Waals surface area (Å²) in [5, 5.41) is 3.53. The van der Waals surface area contributed by atoms with Crippen LogP contribution < -0.4 is 15.8 Å². The van der Waals surface area contributed by atoms with Crippen LogP contribution in [0.15, 0.2) is 24.3 Å². The molecule has 0 fully saturated rings. The molecule has 1 aromatic carbocycles. The molecule has 0 bridgehead atoms. The molecule has 0 amide bonds. The highest BCUT2D eigenvalue weighted by Gasteiger charge is 2.25. The van der Waals surface area contributed by atoms with Gasteiger partial charge in [0.15, 0.2) is 0 Å². The van der Waals surface area contributed by atoms with E-state index in [1.54, 1.807) is 7.11 Å². The van der Waals surface area contributed by atoms with E-state index in [9.17, 15) is 0 Å². The highest BCUT2D eigenvalue weighted by Crippen LogP contribution is 2.17. The molecule has 0 radical (unpaired) electrons. The number of hydrogen-bond donors (Lipinski definition) is 2. The molecule has 1 rings (SSSR count). The molecule has 0 aliphatic rings. The van der Waals surface area contributed by atoms with Gasteiger partial charge < -0.3 is 15.8 Å². The van der Waals surface area contributed by atoms with Crippen molar-refractivity contribution in [1.82, 2.24) is 5.32 Å². The zero-order valence-electron chi connectivity index (χ0n) is 11.3. The summed E-state index contributed by atoms with van der Waals surface area (Å²) >= 11 is 0. The summed E-state index contributed by atoms with van der Waals surface area (Å²) in [7, 11) is 1.68. The van der Waals surface area contributed by atoms with E-state index in [1.165, 1.54) is 5.56 Å². The number of hydrogen-bond acceptors (Lipinski definition) is 3. The third-order valence-electron chi connectivity index (χ3n) is 3.55. The van der Waals surface area contributed by atoms with Crippen molar-refractivity contribution in [2.45, 2.75) is 32.9 Å². The fraction of sp³-hybridized carbons (Fsp3) is 0.571. The van der Waals surface area contributed by atoms with Gasteiger partial charge in [0.2, 0.25) is 0 Å². The van der Waals surface area contributed by atoms with Crippen LogP contribution in [0.3, 0.4) is 0 Å². The maximum absolute atomic E-state index is 5.84. The Balaban J connectivity index is 2.59. The maximum atomic E-state index is 5.84. The van der Waals surface area contributed by atoms with Crippen molar-refractivity contribution in [3.05, 3.63) is 29.8 Å². The minimum absolute atomic E-state index is 0.0140. The van der Waals surface area contributed by atoms with E-state index in [-0.39, 0.29) is 5.54 Å². The van der Waals surface area contributed by atoms with Crippen LogP contribution in [0.5, 0.6) is 5.75 Å². The number of nitrogens with one attached hydrogen (secondary N) is 1. The summed E-state index contributed by atoms with van der Waals surface area (Å²) in [6.07, 6.45) is 0. The number of rotatable bonds is 6. The number of methoxy groups -OCH3 is 1. The second-order valence-corrected chi connectivity index (χ2v) is 4.98. The lowest BCUT2D eigenvalue weighted by Gasteiger charge is -2.33. The Bertz CT molecular complexity index is 335. The topological polar surface area (TPSA) is 47.3 Å². The van der Waals surface area contributed by atoms with Gasteiger partial charge in [-0.2, -0.15) is 0 Å². The first-order valence-electron chi connectivity index (χ1n) is 6.10. The SMILES string of the molecule is COc1ccc(CNC(C)(CN)C(C)C)cc1. The van der Waals surface area contributed by atoms with Crippen LogP contribution in [0, 0.1) is 5.92 Å². The molecule has 0 spiro atoms. The maximum Gasteiger partial charge on any atom is 0.118 e. The largest absolute Gasteiger partial charge is 0.497 e. The second-order valence-electron chi connectivity index (χ2n) is 4.98. The quantitative estimate of drug-likeness (QED) is 0.795. The monoisotopic (exact) mass is 236 g/mol. The molecule has 0 saturated heterocycles. The molecule has 3 N–H and O–H groups in total. The summed E-state index contributed by atoms with van der Waals surface area (Å²) in [5.41, 5.74) is 7.06. The predicted molar refractivity (Wildman–Crippen MR) is 72.1 cm³/mol. The van der Waals surface area contributed by atoms with Gasteiger partial charge in [-0.3, -0.25) is 0 Å². The van der Waals surface area contributed by atoms with Crippen molar-refractivity contribution in [2.24, 2.45) is 11.7 Å². The van der Waals surface area contributed by atoms with Gasteiger partial charge >= 0.3 is 0 Å². The van der Waals surface area contributed by atoms with Gasteiger partial charge in [-0.25, -0.2) is 0 Å². The van der Waals surface area contributed by atoms with Gasteiger partial charge in [0.25, 0.3) is 0 Å². The lowest BCUT2D eigenvalue weighted by molar-refractivity contribution is 0.267. The molecule has 1 aromatic rings. The first kappa shape index (κ1) is 14.0. The van der Waals surface area contributed by atoms with E-state index >= 15 is 0 Å². The molecular weight excluding hydrogens is 212 g/mol. The average Bonchev–Trinajstić information content (AvgIpc) is 2.36. The smallest absolute Gasteiger partial charge is 0.118 e. The van der Waals surface area contributed by atoms with Crippen LogP contribution >= 0.6 is 0 Å². The fourth-order valence-corrected chi connectivity index (χ4v) is 1.56. The van der Waals surface area contributed by atoms with Crippen molar-refractivity contribution < 1.29 is 4.74 Å². The Kier molecular flexibility index (Phi) is 4.97. The zero-order valence-corrected chi connectivity index (χ0v) is 11.3. The lowest BCUT2D eigenvalue weighted by atomic mass is 9.88. The number of ether oxygens (including phenoxy) is 1. The second kappa shape index (κ2) is 6.03. The molecule has 3 heteroatoms. The van der Waals surface area contributed by atoms with Crippen molar-refractivity contribution in [3.63, 3.8) is 0 Å². The molecule has 17 heavy (non-hydrogen) atoms. The van der Waals surface area contributed by atoms with Crippen molar-refractivity contribution in [1.29, 1.82) is 0 Å². The predicted octanol–water partition coefficient (Wildman–Crippen LogP) is 2.16. The van der Waals surface area contributed by atoms with E-state index in [1.807, 2.05) is 12.1 Å². The zero-order chi connectivity index (χ0) is 12.9. The minimum atomic E-state index is -0.0140. The molecule has 0 aliphatic heterocycles. The Hall–Kier alpha value is -1.06. The highest BCUT2D eigenvalue weighted by atomic mass is 16.5. The van der Waals surface area contributed by atoms with E-state index in [2.05, 4.69) is 38.2 Å². The van der Waals surface area contributed by atoms with E-state index < -0.39 is 0 Å². The standard InChI is InChI=1S/C14H24N2O/c1-11(2)14(3,10-15)16-9-12-5-7-13(17-4)8-6-12/h5-8,11,16H,9-10,15H2,1-4H3. The molecule has 1 unspecified atom stereocenters. The average molecular weight is 236 g/mol. The molecule has 1 atom stereocenters. The molecule has 0 saturated carbocycles. The van der Waals surface area contributed by atoms with Gasteiger partial charge in [0, 0.05) is 18.6 Å². The van der Waals surface area contributed by atoms with Gasteiger partial charge in [-0.05, 0) is 30.5 Å². The summed E-state index contributed by atoms with van der Waals surface area (Å²) in [4.78, 5) is 0. The number of nitrogens with two attached hydrogens (primary N) is 1. The molecule has 0 aromatic heterocycles. The Morgan fingerprint density at radius 3 is 2.29 bits per heavy atom. The van der Waals surface area contributed by atoms with E-state index in [4.69, 9.17) is 10.5 Å². The summed E-state index contributed by atoms with van der Waals surface area (Å²) < 4.78 is 5.13. The normalized spacial score (nSPS) is 14.7. The Morgan fingerprint density at radius 2 is 1.88 bits per heavy atom. The van der Waals surface area contributed by atoms with E-state index in [0.29, 0.717) is 12.5 Å². The van der Waals surface area contributed by atoms with Crippen molar-refractivity contribution in [2.75, 3.05) is 13.7 Å². The van der Waals surface area contributed by atoms with Crippen LogP contribution in [0.1, 0.15) is 26.3 Å². The van der Waals surface area contributed by atoms with Crippen LogP contribution in [0.4, 0.5) is 0 Å². The van der Waals surface area contributed by atoms with Crippen LogP contribution in [-0.4, -0.2) is 19.2 Å². The van der Waals surface area contributed by atoms with Gasteiger partial charge in [-0.1, -0.05) is 26.0 Å². The summed E-state index contributed by atoms with van der Waals surface area (Å²) in [5.74, 6) is 1.39. The van der Waals surface area contributed by atoms with Crippen LogP contribution in [-0.2, 0) is 6.54 Å².